The molecule has 0 radical (unpaired) electrons. The van der Waals surface area contributed by atoms with E-state index in [0.717, 1.165) is 29.7 Å². The number of ketones is 1. The average molecular weight is 450 g/mol. The van der Waals surface area contributed by atoms with Gasteiger partial charge in [-0.2, -0.15) is 0 Å². The molecule has 1 aliphatic heterocycles. The van der Waals surface area contributed by atoms with Crippen molar-refractivity contribution in [2.45, 2.75) is 65.3 Å². The SMILES string of the molecule is CCCCN1C(=O)C(=O)/C(=C(\O)c2ccc(OC)c(C(C)C)c2)C1c1ccc(C(C)C)cc1. The first-order valence-electron chi connectivity index (χ1n) is 11.8. The van der Waals surface area contributed by atoms with Crippen LogP contribution in [0.25, 0.3) is 5.76 Å². The summed E-state index contributed by atoms with van der Waals surface area (Å²) in [4.78, 5) is 27.8. The van der Waals surface area contributed by atoms with Crippen LogP contribution in [0.5, 0.6) is 5.75 Å². The minimum Gasteiger partial charge on any atom is -0.507 e. The third-order valence-corrected chi connectivity index (χ3v) is 6.34. The molecule has 176 valence electrons. The second-order valence-electron chi connectivity index (χ2n) is 9.28. The highest BCUT2D eigenvalue weighted by Crippen LogP contribution is 2.40. The van der Waals surface area contributed by atoms with E-state index < -0.39 is 17.7 Å². The quantitative estimate of drug-likeness (QED) is 0.298. The summed E-state index contributed by atoms with van der Waals surface area (Å²) in [5.74, 6) is -0.0668. The summed E-state index contributed by atoms with van der Waals surface area (Å²) in [5.41, 5.74) is 3.60. The minimum atomic E-state index is -0.636. The zero-order valence-electron chi connectivity index (χ0n) is 20.5. The van der Waals surface area contributed by atoms with Crippen LogP contribution in [0, 0.1) is 0 Å². The smallest absolute Gasteiger partial charge is 0.295 e. The molecule has 1 unspecified atom stereocenters. The number of unbranched alkanes of at least 4 members (excludes halogenated alkanes) is 1. The van der Waals surface area contributed by atoms with Gasteiger partial charge in [0.05, 0.1) is 18.7 Å². The zero-order chi connectivity index (χ0) is 24.3. The number of benzene rings is 2. The van der Waals surface area contributed by atoms with E-state index in [-0.39, 0.29) is 17.3 Å². The van der Waals surface area contributed by atoms with Gasteiger partial charge in [-0.05, 0) is 53.1 Å². The molecule has 1 aliphatic rings. The molecule has 1 amide bonds. The van der Waals surface area contributed by atoms with Gasteiger partial charge in [0.15, 0.2) is 0 Å². The Kier molecular flexibility index (Phi) is 7.62. The molecule has 2 aromatic rings. The fraction of sp³-hybridized carbons (Fsp3) is 0.429. The van der Waals surface area contributed by atoms with Crippen molar-refractivity contribution in [1.82, 2.24) is 4.90 Å². The zero-order valence-corrected chi connectivity index (χ0v) is 20.5. The fourth-order valence-electron chi connectivity index (χ4n) is 4.34. The molecule has 0 spiro atoms. The Labute approximate surface area is 197 Å². The Morgan fingerprint density at radius 2 is 1.70 bits per heavy atom. The highest BCUT2D eigenvalue weighted by molar-refractivity contribution is 6.46. The molecule has 1 atom stereocenters. The van der Waals surface area contributed by atoms with Gasteiger partial charge in [0, 0.05) is 12.1 Å². The van der Waals surface area contributed by atoms with Crippen molar-refractivity contribution in [3.8, 4) is 5.75 Å². The molecule has 1 N–H and O–H groups in total. The highest BCUT2D eigenvalue weighted by atomic mass is 16.5. The van der Waals surface area contributed by atoms with E-state index in [4.69, 9.17) is 4.74 Å². The molecule has 1 saturated heterocycles. The van der Waals surface area contributed by atoms with E-state index in [1.807, 2.05) is 51.1 Å². The summed E-state index contributed by atoms with van der Waals surface area (Å²) >= 11 is 0. The van der Waals surface area contributed by atoms with Crippen molar-refractivity contribution in [3.63, 3.8) is 0 Å². The van der Waals surface area contributed by atoms with Gasteiger partial charge in [-0.3, -0.25) is 9.59 Å². The summed E-state index contributed by atoms with van der Waals surface area (Å²) in [5, 5.41) is 11.3. The lowest BCUT2D eigenvalue weighted by atomic mass is 9.92. The molecule has 5 heteroatoms. The van der Waals surface area contributed by atoms with Crippen molar-refractivity contribution in [3.05, 3.63) is 70.3 Å². The van der Waals surface area contributed by atoms with Crippen LogP contribution in [0.15, 0.2) is 48.0 Å². The first-order valence-corrected chi connectivity index (χ1v) is 11.8. The number of aliphatic hydroxyl groups is 1. The van der Waals surface area contributed by atoms with Crippen LogP contribution in [-0.4, -0.2) is 35.4 Å². The van der Waals surface area contributed by atoms with Gasteiger partial charge < -0.3 is 14.7 Å². The van der Waals surface area contributed by atoms with Gasteiger partial charge in [0.1, 0.15) is 11.5 Å². The van der Waals surface area contributed by atoms with Crippen LogP contribution in [0.1, 0.15) is 87.6 Å². The van der Waals surface area contributed by atoms with Gasteiger partial charge in [-0.1, -0.05) is 65.3 Å². The predicted molar refractivity (Wildman–Crippen MR) is 132 cm³/mol. The van der Waals surface area contributed by atoms with Crippen molar-refractivity contribution >= 4 is 17.4 Å². The molecule has 5 nitrogen and oxygen atoms in total. The number of aliphatic hydroxyl groups excluding tert-OH is 1. The predicted octanol–water partition coefficient (Wildman–Crippen LogP) is 6.16. The molecule has 0 aliphatic carbocycles. The molecule has 33 heavy (non-hydrogen) atoms. The first kappa shape index (κ1) is 24.6. The maximum Gasteiger partial charge on any atom is 0.295 e. The topological polar surface area (TPSA) is 66.8 Å². The van der Waals surface area contributed by atoms with E-state index in [2.05, 4.69) is 13.8 Å². The second-order valence-corrected chi connectivity index (χ2v) is 9.28. The monoisotopic (exact) mass is 449 g/mol. The number of amides is 1. The number of hydrogen-bond donors (Lipinski definition) is 1. The second kappa shape index (κ2) is 10.2. The minimum absolute atomic E-state index is 0.144. The number of nitrogens with zero attached hydrogens (tertiary/aromatic N) is 1. The van der Waals surface area contributed by atoms with Gasteiger partial charge >= 0.3 is 0 Å². The average Bonchev–Trinajstić information content (AvgIpc) is 3.06. The maximum absolute atomic E-state index is 13.2. The Balaban J connectivity index is 2.17. The third-order valence-electron chi connectivity index (χ3n) is 6.34. The lowest BCUT2D eigenvalue weighted by molar-refractivity contribution is -0.139. The van der Waals surface area contributed by atoms with Crippen molar-refractivity contribution in [1.29, 1.82) is 0 Å². The van der Waals surface area contributed by atoms with Crippen LogP contribution in [0.4, 0.5) is 0 Å². The fourth-order valence-corrected chi connectivity index (χ4v) is 4.34. The number of ether oxygens (including phenoxy) is 1. The van der Waals surface area contributed by atoms with E-state index in [9.17, 15) is 14.7 Å². The van der Waals surface area contributed by atoms with Crippen molar-refractivity contribution in [2.24, 2.45) is 0 Å². The van der Waals surface area contributed by atoms with E-state index >= 15 is 0 Å². The lowest BCUT2D eigenvalue weighted by Crippen LogP contribution is -2.30. The molecule has 0 aromatic heterocycles. The summed E-state index contributed by atoms with van der Waals surface area (Å²) in [6, 6.07) is 12.8. The normalized spacial score (nSPS) is 17.9. The number of rotatable bonds is 8. The molecular formula is C28H35NO4. The molecule has 0 saturated carbocycles. The number of Topliss-reactive ketones (excluding diaryl/α,β-unsaturated/α-hetero) is 1. The molecule has 1 heterocycles. The summed E-state index contributed by atoms with van der Waals surface area (Å²) in [7, 11) is 1.61. The Morgan fingerprint density at radius 3 is 2.24 bits per heavy atom. The van der Waals surface area contributed by atoms with Gasteiger partial charge in [-0.15, -0.1) is 0 Å². The number of likely N-dealkylation sites (tertiary alicyclic amines) is 1. The molecule has 1 fully saturated rings. The van der Waals surface area contributed by atoms with Crippen LogP contribution < -0.4 is 4.74 Å². The molecule has 3 rings (SSSR count). The summed E-state index contributed by atoms with van der Waals surface area (Å²) < 4.78 is 5.46. The van der Waals surface area contributed by atoms with E-state index in [1.165, 1.54) is 5.56 Å². The third kappa shape index (κ3) is 4.82. The van der Waals surface area contributed by atoms with Gasteiger partial charge in [0.2, 0.25) is 0 Å². The largest absolute Gasteiger partial charge is 0.507 e. The number of methoxy groups -OCH3 is 1. The van der Waals surface area contributed by atoms with E-state index in [0.29, 0.717) is 18.0 Å². The van der Waals surface area contributed by atoms with Crippen molar-refractivity contribution in [2.75, 3.05) is 13.7 Å². The van der Waals surface area contributed by atoms with Crippen LogP contribution in [0.2, 0.25) is 0 Å². The molecule has 2 aromatic carbocycles. The Morgan fingerprint density at radius 1 is 1.03 bits per heavy atom. The lowest BCUT2D eigenvalue weighted by Gasteiger charge is -2.25. The highest BCUT2D eigenvalue weighted by Gasteiger charge is 2.45. The van der Waals surface area contributed by atoms with Crippen LogP contribution >= 0.6 is 0 Å². The van der Waals surface area contributed by atoms with Crippen LogP contribution in [0.3, 0.4) is 0 Å². The number of carbonyl (C=O) groups is 2. The number of carbonyl (C=O) groups excluding carboxylic acids is 2. The van der Waals surface area contributed by atoms with Gasteiger partial charge in [-0.25, -0.2) is 0 Å². The maximum atomic E-state index is 13.2. The summed E-state index contributed by atoms with van der Waals surface area (Å²) in [6.07, 6.45) is 1.69. The van der Waals surface area contributed by atoms with E-state index in [1.54, 1.807) is 24.1 Å². The number of hydrogen-bond acceptors (Lipinski definition) is 4. The Hall–Kier alpha value is -3.08. The van der Waals surface area contributed by atoms with Gasteiger partial charge in [0.25, 0.3) is 11.7 Å². The van der Waals surface area contributed by atoms with Crippen LogP contribution in [-0.2, 0) is 9.59 Å². The standard InChI is InChI=1S/C28H35NO4/c1-7-8-15-29-25(20-11-9-19(10-12-20)17(2)3)24(27(31)28(29)32)26(30)21-13-14-23(33-6)22(16-21)18(4)5/h9-14,16-18,25,30H,7-8,15H2,1-6H3/b26-24-. The summed E-state index contributed by atoms with van der Waals surface area (Å²) in [6.45, 7) is 10.8. The Bertz CT molecular complexity index is 1050. The first-order chi connectivity index (χ1) is 15.7. The van der Waals surface area contributed by atoms with Crippen molar-refractivity contribution < 1.29 is 19.4 Å². The molecule has 0 bridgehead atoms. The molecular weight excluding hydrogens is 414 g/mol.